The highest BCUT2D eigenvalue weighted by atomic mass is 16.5. The normalized spacial score (nSPS) is 23.9. The molecule has 1 aliphatic carbocycles. The summed E-state index contributed by atoms with van der Waals surface area (Å²) in [5.74, 6) is 0.230. The zero-order valence-electron chi connectivity index (χ0n) is 11.4. The Kier molecular flexibility index (Phi) is 7.13. The van der Waals surface area contributed by atoms with Crippen LogP contribution in [0.1, 0.15) is 52.4 Å². The molecule has 0 aromatic rings. The van der Waals surface area contributed by atoms with Crippen molar-refractivity contribution in [3.05, 3.63) is 0 Å². The summed E-state index contributed by atoms with van der Waals surface area (Å²) in [6.07, 6.45) is 5.00. The van der Waals surface area contributed by atoms with Crippen LogP contribution >= 0.6 is 0 Å². The number of rotatable bonds is 8. The lowest BCUT2D eigenvalue weighted by Crippen LogP contribution is -2.37. The minimum absolute atomic E-state index is 0.0288. The number of hydrogen-bond donors (Lipinski definition) is 0. The lowest BCUT2D eigenvalue weighted by molar-refractivity contribution is -0.140. The zero-order chi connectivity index (χ0) is 13.4. The summed E-state index contributed by atoms with van der Waals surface area (Å²) in [7, 11) is 0. The van der Waals surface area contributed by atoms with Gasteiger partial charge in [0.25, 0.3) is 0 Å². The summed E-state index contributed by atoms with van der Waals surface area (Å²) < 4.78 is 11.3. The van der Waals surface area contributed by atoms with Crippen LogP contribution in [0, 0.1) is 0 Å². The van der Waals surface area contributed by atoms with Gasteiger partial charge in [-0.05, 0) is 12.8 Å². The van der Waals surface area contributed by atoms with Crippen molar-refractivity contribution in [2.24, 2.45) is 0 Å². The topological polar surface area (TPSA) is 52.6 Å². The van der Waals surface area contributed by atoms with Gasteiger partial charge in [0, 0.05) is 12.8 Å². The van der Waals surface area contributed by atoms with Crippen molar-refractivity contribution < 1.29 is 19.1 Å². The van der Waals surface area contributed by atoms with E-state index in [0.717, 1.165) is 25.7 Å². The summed E-state index contributed by atoms with van der Waals surface area (Å²) in [5.41, 5.74) is 0. The fourth-order valence-corrected chi connectivity index (χ4v) is 2.05. The Morgan fingerprint density at radius 3 is 1.61 bits per heavy atom. The van der Waals surface area contributed by atoms with Crippen LogP contribution in [0.2, 0.25) is 0 Å². The number of ether oxygens (including phenoxy) is 2. The predicted octanol–water partition coefficient (Wildman–Crippen LogP) is 2.29. The standard InChI is InChI=1S/C14H24O4/c1-3-11(15)9-17-13-7-5-6-8-14(13)18-10-12(16)4-2/h13-14H,3-10H2,1-2H3. The van der Waals surface area contributed by atoms with Gasteiger partial charge in [0.15, 0.2) is 11.6 Å². The van der Waals surface area contributed by atoms with E-state index in [1.165, 1.54) is 0 Å². The summed E-state index contributed by atoms with van der Waals surface area (Å²) in [5, 5.41) is 0. The minimum atomic E-state index is -0.0288. The molecule has 0 bridgehead atoms. The quantitative estimate of drug-likeness (QED) is 0.668. The van der Waals surface area contributed by atoms with Gasteiger partial charge < -0.3 is 9.47 Å². The molecule has 0 N–H and O–H groups in total. The molecule has 4 heteroatoms. The molecule has 0 saturated heterocycles. The third-order valence-corrected chi connectivity index (χ3v) is 3.35. The number of Topliss-reactive ketones (excluding diaryl/α,β-unsaturated/α-hetero) is 2. The van der Waals surface area contributed by atoms with Crippen LogP contribution in [0.5, 0.6) is 0 Å². The second kappa shape index (κ2) is 8.38. The van der Waals surface area contributed by atoms with E-state index >= 15 is 0 Å². The molecule has 0 radical (unpaired) electrons. The van der Waals surface area contributed by atoms with Crippen molar-refractivity contribution in [3.8, 4) is 0 Å². The zero-order valence-corrected chi connectivity index (χ0v) is 11.4. The largest absolute Gasteiger partial charge is 0.368 e. The molecule has 2 atom stereocenters. The Labute approximate surface area is 109 Å². The first kappa shape index (κ1) is 15.3. The lowest BCUT2D eigenvalue weighted by atomic mass is 9.94. The molecule has 0 spiro atoms. The molecule has 0 heterocycles. The molecule has 1 fully saturated rings. The Bertz CT molecular complexity index is 247. The summed E-state index contributed by atoms with van der Waals surface area (Å²) in [4.78, 5) is 22.5. The maximum absolute atomic E-state index is 11.3. The summed E-state index contributed by atoms with van der Waals surface area (Å²) >= 11 is 0. The first-order valence-electron chi connectivity index (χ1n) is 6.94. The first-order chi connectivity index (χ1) is 8.67. The lowest BCUT2D eigenvalue weighted by Gasteiger charge is -2.31. The fraction of sp³-hybridized carbons (Fsp3) is 0.857. The number of carbonyl (C=O) groups excluding carboxylic acids is 2. The highest BCUT2D eigenvalue weighted by Crippen LogP contribution is 2.24. The molecule has 18 heavy (non-hydrogen) atoms. The molecule has 4 nitrogen and oxygen atoms in total. The molecular weight excluding hydrogens is 232 g/mol. The van der Waals surface area contributed by atoms with Gasteiger partial charge in [0.1, 0.15) is 13.2 Å². The second-order valence-corrected chi connectivity index (χ2v) is 4.77. The molecule has 1 rings (SSSR count). The second-order valence-electron chi connectivity index (χ2n) is 4.77. The van der Waals surface area contributed by atoms with Crippen molar-refractivity contribution in [1.29, 1.82) is 0 Å². The van der Waals surface area contributed by atoms with Gasteiger partial charge in [-0.3, -0.25) is 9.59 Å². The van der Waals surface area contributed by atoms with Crippen LogP contribution in [0.4, 0.5) is 0 Å². The van der Waals surface area contributed by atoms with Gasteiger partial charge in [-0.15, -0.1) is 0 Å². The molecule has 0 amide bonds. The van der Waals surface area contributed by atoms with E-state index in [1.54, 1.807) is 0 Å². The first-order valence-corrected chi connectivity index (χ1v) is 6.94. The summed E-state index contributed by atoms with van der Waals surface area (Å²) in [6.45, 7) is 4.01. The smallest absolute Gasteiger partial charge is 0.158 e. The molecule has 1 saturated carbocycles. The Balaban J connectivity index is 2.36. The van der Waals surface area contributed by atoms with Crippen molar-refractivity contribution in [3.63, 3.8) is 0 Å². The molecule has 1 aliphatic rings. The van der Waals surface area contributed by atoms with Crippen LogP contribution in [-0.4, -0.2) is 37.0 Å². The molecular formula is C14H24O4. The molecule has 0 aromatic heterocycles. The van der Waals surface area contributed by atoms with Crippen molar-refractivity contribution >= 4 is 11.6 Å². The number of ketones is 2. The number of hydrogen-bond acceptors (Lipinski definition) is 4. The van der Waals surface area contributed by atoms with E-state index in [9.17, 15) is 9.59 Å². The molecule has 2 unspecified atom stereocenters. The van der Waals surface area contributed by atoms with Crippen LogP contribution in [0.3, 0.4) is 0 Å². The van der Waals surface area contributed by atoms with Gasteiger partial charge in [-0.25, -0.2) is 0 Å². The van der Waals surface area contributed by atoms with Gasteiger partial charge in [0.05, 0.1) is 12.2 Å². The van der Waals surface area contributed by atoms with Crippen molar-refractivity contribution in [2.45, 2.75) is 64.6 Å². The average molecular weight is 256 g/mol. The van der Waals surface area contributed by atoms with Crippen LogP contribution < -0.4 is 0 Å². The summed E-state index contributed by atoms with van der Waals surface area (Å²) in [6, 6.07) is 0. The van der Waals surface area contributed by atoms with Crippen LogP contribution in [0.15, 0.2) is 0 Å². The van der Waals surface area contributed by atoms with E-state index in [0.29, 0.717) is 12.8 Å². The average Bonchev–Trinajstić information content (AvgIpc) is 2.42. The van der Waals surface area contributed by atoms with Crippen LogP contribution in [-0.2, 0) is 19.1 Å². The maximum atomic E-state index is 11.3. The van der Waals surface area contributed by atoms with Gasteiger partial charge in [-0.2, -0.15) is 0 Å². The fourth-order valence-electron chi connectivity index (χ4n) is 2.05. The van der Waals surface area contributed by atoms with Gasteiger partial charge >= 0.3 is 0 Å². The molecule has 0 aromatic carbocycles. The van der Waals surface area contributed by atoms with Gasteiger partial charge in [0.2, 0.25) is 0 Å². The third-order valence-electron chi connectivity index (χ3n) is 3.35. The SMILES string of the molecule is CCC(=O)COC1CCCCC1OCC(=O)CC. The van der Waals surface area contributed by atoms with Gasteiger partial charge in [-0.1, -0.05) is 26.7 Å². The van der Waals surface area contributed by atoms with E-state index in [-0.39, 0.29) is 37.0 Å². The van der Waals surface area contributed by atoms with E-state index in [4.69, 9.17) is 9.47 Å². The Morgan fingerprint density at radius 2 is 1.28 bits per heavy atom. The van der Waals surface area contributed by atoms with Crippen molar-refractivity contribution in [1.82, 2.24) is 0 Å². The molecule has 0 aliphatic heterocycles. The number of carbonyl (C=O) groups is 2. The van der Waals surface area contributed by atoms with Crippen molar-refractivity contribution in [2.75, 3.05) is 13.2 Å². The molecule has 104 valence electrons. The van der Waals surface area contributed by atoms with E-state index in [2.05, 4.69) is 0 Å². The van der Waals surface area contributed by atoms with E-state index < -0.39 is 0 Å². The van der Waals surface area contributed by atoms with E-state index in [1.807, 2.05) is 13.8 Å². The Morgan fingerprint density at radius 1 is 0.889 bits per heavy atom. The predicted molar refractivity (Wildman–Crippen MR) is 68.5 cm³/mol. The van der Waals surface area contributed by atoms with Crippen LogP contribution in [0.25, 0.3) is 0 Å². The monoisotopic (exact) mass is 256 g/mol. The highest BCUT2D eigenvalue weighted by molar-refractivity contribution is 5.79. The highest BCUT2D eigenvalue weighted by Gasteiger charge is 2.27. The minimum Gasteiger partial charge on any atom is -0.368 e. The Hall–Kier alpha value is -0.740. The third kappa shape index (κ3) is 5.27. The maximum Gasteiger partial charge on any atom is 0.158 e.